The van der Waals surface area contributed by atoms with E-state index in [-0.39, 0.29) is 18.9 Å². The Morgan fingerprint density at radius 1 is 1.31 bits per heavy atom. The monoisotopic (exact) mass is 230 g/mol. The van der Waals surface area contributed by atoms with E-state index < -0.39 is 8.07 Å². The van der Waals surface area contributed by atoms with Crippen LogP contribution in [-0.2, 0) is 0 Å². The summed E-state index contributed by atoms with van der Waals surface area (Å²) in [6, 6.07) is 3.99. The van der Waals surface area contributed by atoms with E-state index in [0.717, 1.165) is 11.1 Å². The molecule has 1 rings (SSSR count). The Hall–Kier alpha value is -0.406. The van der Waals surface area contributed by atoms with Gasteiger partial charge >= 0.3 is 18.9 Å². The largest absolute Gasteiger partial charge is 1.00 e. The van der Waals surface area contributed by atoms with Crippen molar-refractivity contribution in [3.05, 3.63) is 29.9 Å². The Labute approximate surface area is 111 Å². The van der Waals surface area contributed by atoms with Gasteiger partial charge in [-0.15, -0.1) is 6.58 Å². The van der Waals surface area contributed by atoms with Crippen LogP contribution in [0.4, 0.5) is 0 Å². The SMILES string of the molecule is C=C([N-]N(C)C)c1ccc([Si](C)(C)C)o1.[Li+]. The maximum absolute atomic E-state index is 5.75. The van der Waals surface area contributed by atoms with E-state index in [2.05, 4.69) is 31.6 Å². The fourth-order valence-corrected chi connectivity index (χ4v) is 2.19. The number of nitrogens with zero attached hydrogens (tertiary/aromatic N) is 2. The minimum absolute atomic E-state index is 0. The summed E-state index contributed by atoms with van der Waals surface area (Å²) in [6.07, 6.45) is 0. The quantitative estimate of drug-likeness (QED) is 0.523. The Kier molecular flexibility index (Phi) is 5.64. The van der Waals surface area contributed by atoms with Gasteiger partial charge in [-0.05, 0) is 26.2 Å². The van der Waals surface area contributed by atoms with Gasteiger partial charge in [0.05, 0.1) is 5.38 Å². The van der Waals surface area contributed by atoms with Crippen LogP contribution in [0.25, 0.3) is 11.1 Å². The maximum Gasteiger partial charge on any atom is 1.00 e. The second-order valence-corrected chi connectivity index (χ2v) is 9.80. The molecular weight excluding hydrogens is 211 g/mol. The Morgan fingerprint density at radius 3 is 2.25 bits per heavy atom. The molecule has 0 saturated carbocycles. The van der Waals surface area contributed by atoms with Crippen molar-refractivity contribution in [1.82, 2.24) is 5.01 Å². The van der Waals surface area contributed by atoms with Gasteiger partial charge in [0.2, 0.25) is 0 Å². The van der Waals surface area contributed by atoms with E-state index in [0.29, 0.717) is 5.70 Å². The van der Waals surface area contributed by atoms with E-state index in [9.17, 15) is 0 Å². The predicted molar refractivity (Wildman–Crippen MR) is 67.8 cm³/mol. The van der Waals surface area contributed by atoms with E-state index in [4.69, 9.17) is 4.42 Å². The van der Waals surface area contributed by atoms with E-state index in [1.165, 1.54) is 0 Å². The average molecular weight is 230 g/mol. The molecule has 5 heteroatoms. The van der Waals surface area contributed by atoms with Gasteiger partial charge in [0.15, 0.2) is 0 Å². The second-order valence-electron chi connectivity index (χ2n) is 4.81. The van der Waals surface area contributed by atoms with Gasteiger partial charge in [0.1, 0.15) is 13.8 Å². The molecule has 0 N–H and O–H groups in total. The van der Waals surface area contributed by atoms with Gasteiger partial charge in [-0.3, -0.25) is 0 Å². The van der Waals surface area contributed by atoms with Gasteiger partial charge in [0.25, 0.3) is 0 Å². The Morgan fingerprint density at radius 2 is 1.88 bits per heavy atom. The summed E-state index contributed by atoms with van der Waals surface area (Å²) < 4.78 is 5.75. The van der Waals surface area contributed by atoms with Crippen LogP contribution >= 0.6 is 0 Å². The van der Waals surface area contributed by atoms with Gasteiger partial charge in [0, 0.05) is 0 Å². The summed E-state index contributed by atoms with van der Waals surface area (Å²) in [5, 5.41) is 2.81. The van der Waals surface area contributed by atoms with Gasteiger partial charge < -0.3 is 14.9 Å². The molecule has 1 aromatic heterocycles. The molecule has 0 radical (unpaired) electrons. The number of hydrogen-bond donors (Lipinski definition) is 0. The van der Waals surface area contributed by atoms with Crippen LogP contribution < -0.4 is 24.2 Å². The molecule has 84 valence electrons. The normalized spacial score (nSPS) is 11.1. The smallest absolute Gasteiger partial charge is 0.618 e. The minimum atomic E-state index is -1.36. The zero-order chi connectivity index (χ0) is 11.6. The summed E-state index contributed by atoms with van der Waals surface area (Å²) in [6.45, 7) is 10.6. The van der Waals surface area contributed by atoms with E-state index >= 15 is 0 Å². The van der Waals surface area contributed by atoms with Crippen LogP contribution in [0.3, 0.4) is 0 Å². The number of hydrogen-bond acceptors (Lipinski definition) is 2. The first-order valence-electron chi connectivity index (χ1n) is 4.99. The molecule has 0 amide bonds. The van der Waals surface area contributed by atoms with Crippen molar-refractivity contribution in [2.75, 3.05) is 14.1 Å². The Balaban J connectivity index is 0.00000225. The molecule has 0 aliphatic carbocycles. The van der Waals surface area contributed by atoms with Crippen LogP contribution in [0.2, 0.25) is 19.6 Å². The molecule has 0 aliphatic heterocycles. The summed E-state index contributed by atoms with van der Waals surface area (Å²) in [5.41, 5.74) is 4.87. The summed E-state index contributed by atoms with van der Waals surface area (Å²) >= 11 is 0. The van der Waals surface area contributed by atoms with Crippen molar-refractivity contribution in [2.45, 2.75) is 19.6 Å². The van der Waals surface area contributed by atoms with Gasteiger partial charge in [-0.25, -0.2) is 0 Å². The maximum atomic E-state index is 5.75. The molecule has 0 aliphatic rings. The number of furan rings is 1. The molecular formula is C11H19LiN2OSi. The summed E-state index contributed by atoms with van der Waals surface area (Å²) in [4.78, 5) is 0. The molecule has 0 atom stereocenters. The first-order chi connectivity index (χ1) is 6.80. The third-order valence-electron chi connectivity index (χ3n) is 1.95. The minimum Gasteiger partial charge on any atom is -0.618 e. The molecule has 0 bridgehead atoms. The van der Waals surface area contributed by atoms with Gasteiger partial charge in [-0.2, -0.15) is 0 Å². The molecule has 0 aromatic carbocycles. The molecule has 1 heterocycles. The zero-order valence-electron chi connectivity index (χ0n) is 11.2. The molecule has 0 spiro atoms. The van der Waals surface area contributed by atoms with Crippen molar-refractivity contribution in [3.8, 4) is 0 Å². The topological polar surface area (TPSA) is 30.5 Å². The predicted octanol–water partition coefficient (Wildman–Crippen LogP) is -0.350. The molecule has 0 fully saturated rings. The van der Waals surface area contributed by atoms with Crippen LogP contribution in [0.1, 0.15) is 5.76 Å². The fraction of sp³-hybridized carbons (Fsp3) is 0.455. The third-order valence-corrected chi connectivity index (χ3v) is 3.70. The molecule has 0 unspecified atom stereocenters. The average Bonchev–Trinajstić information content (AvgIpc) is 2.48. The van der Waals surface area contributed by atoms with E-state index in [1.807, 2.05) is 26.2 Å². The van der Waals surface area contributed by atoms with Crippen molar-refractivity contribution in [2.24, 2.45) is 0 Å². The van der Waals surface area contributed by atoms with Crippen molar-refractivity contribution in [1.29, 1.82) is 0 Å². The molecule has 16 heavy (non-hydrogen) atoms. The second kappa shape index (κ2) is 5.78. The first kappa shape index (κ1) is 15.6. The molecule has 0 saturated heterocycles. The van der Waals surface area contributed by atoms with Gasteiger partial charge in [-0.1, -0.05) is 25.3 Å². The number of rotatable bonds is 4. The van der Waals surface area contributed by atoms with Crippen LogP contribution in [0.15, 0.2) is 23.1 Å². The van der Waals surface area contributed by atoms with Crippen LogP contribution in [0.5, 0.6) is 0 Å². The zero-order valence-corrected chi connectivity index (χ0v) is 12.2. The van der Waals surface area contributed by atoms with Crippen molar-refractivity contribution < 1.29 is 23.3 Å². The van der Waals surface area contributed by atoms with Crippen molar-refractivity contribution >= 4 is 19.2 Å². The van der Waals surface area contributed by atoms with Crippen LogP contribution in [-0.4, -0.2) is 27.2 Å². The Bertz CT molecular complexity index is 355. The fourth-order valence-electron chi connectivity index (χ4n) is 1.19. The van der Waals surface area contributed by atoms with Crippen LogP contribution in [0, 0.1) is 0 Å². The third kappa shape index (κ3) is 4.22. The standard InChI is InChI=1S/C11H19N2OSi.Li/c1-9(12-13(2)3)10-7-8-11(14-10)15(4,5)6;/h7-8H,1H2,2-6H3;/q-1;+1. The first-order valence-corrected chi connectivity index (χ1v) is 8.49. The van der Waals surface area contributed by atoms with Crippen molar-refractivity contribution in [3.63, 3.8) is 0 Å². The molecule has 1 aromatic rings. The molecule has 3 nitrogen and oxygen atoms in total. The summed E-state index contributed by atoms with van der Waals surface area (Å²) in [7, 11) is 2.38. The van der Waals surface area contributed by atoms with E-state index in [1.54, 1.807) is 5.01 Å². The summed E-state index contributed by atoms with van der Waals surface area (Å²) in [5.74, 6) is 0.765.